The Hall–Kier alpha value is -0.0400. The monoisotopic (exact) mass is 288 g/mol. The molecule has 0 aliphatic carbocycles. The first kappa shape index (κ1) is 14.0. The van der Waals surface area contributed by atoms with Crippen molar-refractivity contribution in [3.05, 3.63) is 0 Å². The Morgan fingerprint density at radius 2 is 2.12 bits per heavy atom. The maximum atomic E-state index is 6.06. The second kappa shape index (κ2) is 7.32. The van der Waals surface area contributed by atoms with Crippen LogP contribution in [0.15, 0.2) is 0 Å². The largest absolute Gasteiger partial charge is 0.353 e. The maximum absolute atomic E-state index is 6.06. The van der Waals surface area contributed by atoms with Gasteiger partial charge in [-0.2, -0.15) is 0 Å². The minimum Gasteiger partial charge on any atom is -0.353 e. The summed E-state index contributed by atoms with van der Waals surface area (Å²) < 4.78 is 11.7. The van der Waals surface area contributed by atoms with Crippen molar-refractivity contribution in [3.63, 3.8) is 0 Å². The van der Waals surface area contributed by atoms with Crippen LogP contribution in [-0.4, -0.2) is 23.8 Å². The molecule has 0 spiro atoms. The predicted octanol–water partition coefficient (Wildman–Crippen LogP) is 3.49. The van der Waals surface area contributed by atoms with Crippen molar-refractivity contribution < 1.29 is 9.47 Å². The Labute approximate surface area is 107 Å². The van der Waals surface area contributed by atoms with E-state index in [9.17, 15) is 0 Å². The van der Waals surface area contributed by atoms with Crippen molar-refractivity contribution in [1.82, 2.24) is 0 Å². The van der Waals surface area contributed by atoms with Gasteiger partial charge in [0.2, 0.25) is 0 Å². The highest BCUT2D eigenvalue weighted by molar-refractivity contribution is 9.09. The topological polar surface area (TPSA) is 18.5 Å². The standard InChI is InChI=1S/C13H21BrO2/c1-3-13(4-2,9-7-10-14)16-12-8-5-6-11-15-12/h12H,3-6,8,10-11H2,1-2H3. The molecule has 16 heavy (non-hydrogen) atoms. The first-order valence-corrected chi connectivity index (χ1v) is 7.24. The van der Waals surface area contributed by atoms with Crippen molar-refractivity contribution >= 4 is 15.9 Å². The van der Waals surface area contributed by atoms with Crippen LogP contribution in [0.4, 0.5) is 0 Å². The van der Waals surface area contributed by atoms with E-state index in [1.807, 2.05) is 0 Å². The molecule has 0 amide bonds. The molecular formula is C13H21BrO2. The molecule has 1 heterocycles. The second-order valence-corrected chi connectivity index (χ2v) is 4.61. The fourth-order valence-electron chi connectivity index (χ4n) is 1.87. The minimum absolute atomic E-state index is 0.0572. The molecule has 1 aliphatic rings. The van der Waals surface area contributed by atoms with Gasteiger partial charge in [0.1, 0.15) is 5.60 Å². The average molecular weight is 289 g/mol. The van der Waals surface area contributed by atoms with Gasteiger partial charge in [-0.15, -0.1) is 0 Å². The highest BCUT2D eigenvalue weighted by Crippen LogP contribution is 2.26. The van der Waals surface area contributed by atoms with Crippen LogP contribution in [0.25, 0.3) is 0 Å². The minimum atomic E-state index is -0.324. The zero-order valence-electron chi connectivity index (χ0n) is 10.2. The second-order valence-electron chi connectivity index (χ2n) is 4.05. The van der Waals surface area contributed by atoms with Crippen LogP contribution in [-0.2, 0) is 9.47 Å². The summed E-state index contributed by atoms with van der Waals surface area (Å²) in [5.74, 6) is 6.30. The van der Waals surface area contributed by atoms with Gasteiger partial charge < -0.3 is 9.47 Å². The van der Waals surface area contributed by atoms with E-state index in [0.717, 1.165) is 32.3 Å². The molecule has 3 heteroatoms. The van der Waals surface area contributed by atoms with Crippen molar-refractivity contribution in [2.24, 2.45) is 0 Å². The summed E-state index contributed by atoms with van der Waals surface area (Å²) >= 11 is 3.33. The third-order valence-electron chi connectivity index (χ3n) is 3.02. The zero-order chi connectivity index (χ0) is 11.9. The third-order valence-corrected chi connectivity index (χ3v) is 3.30. The molecule has 1 aliphatic heterocycles. The third kappa shape index (κ3) is 4.08. The molecule has 0 aromatic rings. The first-order valence-electron chi connectivity index (χ1n) is 6.11. The summed E-state index contributed by atoms with van der Waals surface area (Å²) in [6.07, 6.45) is 5.10. The molecule has 0 bridgehead atoms. The van der Waals surface area contributed by atoms with Crippen LogP contribution in [0.2, 0.25) is 0 Å². The number of hydrogen-bond acceptors (Lipinski definition) is 2. The number of ether oxygens (including phenoxy) is 2. The SMILES string of the molecule is CCC(C#CCBr)(CC)OC1CCCCO1. The van der Waals surface area contributed by atoms with Crippen molar-refractivity contribution in [3.8, 4) is 11.8 Å². The Morgan fingerprint density at radius 1 is 1.38 bits per heavy atom. The van der Waals surface area contributed by atoms with Crippen LogP contribution >= 0.6 is 15.9 Å². The van der Waals surface area contributed by atoms with Crippen molar-refractivity contribution in [2.45, 2.75) is 57.8 Å². The molecule has 1 rings (SSSR count). The lowest BCUT2D eigenvalue weighted by atomic mass is 9.97. The summed E-state index contributed by atoms with van der Waals surface area (Å²) in [6, 6.07) is 0. The molecular weight excluding hydrogens is 268 g/mol. The highest BCUT2D eigenvalue weighted by atomic mass is 79.9. The van der Waals surface area contributed by atoms with E-state index in [1.54, 1.807) is 0 Å². The van der Waals surface area contributed by atoms with E-state index in [4.69, 9.17) is 9.47 Å². The summed E-state index contributed by atoms with van der Waals surface area (Å²) in [5.41, 5.74) is -0.324. The lowest BCUT2D eigenvalue weighted by molar-refractivity contribution is -0.209. The quantitative estimate of drug-likeness (QED) is 0.582. The van der Waals surface area contributed by atoms with Crippen molar-refractivity contribution in [1.29, 1.82) is 0 Å². The smallest absolute Gasteiger partial charge is 0.159 e. The van der Waals surface area contributed by atoms with E-state index >= 15 is 0 Å². The highest BCUT2D eigenvalue weighted by Gasteiger charge is 2.29. The number of hydrogen-bond donors (Lipinski definition) is 0. The summed E-state index contributed by atoms with van der Waals surface area (Å²) in [5, 5.41) is 0.698. The maximum Gasteiger partial charge on any atom is 0.159 e. The first-order chi connectivity index (χ1) is 7.76. The number of halogens is 1. The average Bonchev–Trinajstić information content (AvgIpc) is 2.36. The van der Waals surface area contributed by atoms with Gasteiger partial charge in [0, 0.05) is 6.61 Å². The van der Waals surface area contributed by atoms with E-state index in [-0.39, 0.29) is 11.9 Å². The van der Waals surface area contributed by atoms with Gasteiger partial charge in [-0.05, 0) is 32.1 Å². The fraction of sp³-hybridized carbons (Fsp3) is 0.846. The van der Waals surface area contributed by atoms with Gasteiger partial charge in [-0.1, -0.05) is 41.6 Å². The number of alkyl halides is 1. The molecule has 1 unspecified atom stereocenters. The molecule has 1 saturated heterocycles. The molecule has 0 N–H and O–H groups in total. The van der Waals surface area contributed by atoms with E-state index in [1.165, 1.54) is 6.42 Å². The van der Waals surface area contributed by atoms with Crippen LogP contribution in [0.1, 0.15) is 46.0 Å². The molecule has 0 radical (unpaired) electrons. The van der Waals surface area contributed by atoms with Crippen molar-refractivity contribution in [2.75, 3.05) is 11.9 Å². The van der Waals surface area contributed by atoms with E-state index in [0.29, 0.717) is 5.33 Å². The molecule has 0 saturated carbocycles. The van der Waals surface area contributed by atoms with Crippen LogP contribution in [0.5, 0.6) is 0 Å². The molecule has 92 valence electrons. The zero-order valence-corrected chi connectivity index (χ0v) is 11.8. The summed E-state index contributed by atoms with van der Waals surface area (Å²) in [7, 11) is 0. The van der Waals surface area contributed by atoms with E-state index in [2.05, 4.69) is 41.6 Å². The lowest BCUT2D eigenvalue weighted by Crippen LogP contribution is -2.37. The molecule has 1 fully saturated rings. The van der Waals surface area contributed by atoms with Gasteiger partial charge in [-0.25, -0.2) is 0 Å². The molecule has 0 aromatic carbocycles. The Kier molecular flexibility index (Phi) is 6.41. The summed E-state index contributed by atoms with van der Waals surface area (Å²) in [4.78, 5) is 0. The van der Waals surface area contributed by atoms with Crippen LogP contribution in [0, 0.1) is 11.8 Å². The van der Waals surface area contributed by atoms with Crippen LogP contribution in [0.3, 0.4) is 0 Å². The summed E-state index contributed by atoms with van der Waals surface area (Å²) in [6.45, 7) is 5.06. The molecule has 1 atom stereocenters. The number of rotatable bonds is 4. The lowest BCUT2D eigenvalue weighted by Gasteiger charge is -2.33. The van der Waals surface area contributed by atoms with Gasteiger partial charge in [0.05, 0.1) is 5.33 Å². The van der Waals surface area contributed by atoms with Gasteiger partial charge in [0.15, 0.2) is 6.29 Å². The Morgan fingerprint density at radius 3 is 2.62 bits per heavy atom. The Bertz CT molecular complexity index is 244. The normalized spacial score (nSPS) is 21.3. The molecule has 0 aromatic heterocycles. The van der Waals surface area contributed by atoms with E-state index < -0.39 is 0 Å². The van der Waals surface area contributed by atoms with Crippen LogP contribution < -0.4 is 0 Å². The van der Waals surface area contributed by atoms with Gasteiger partial charge in [0.25, 0.3) is 0 Å². The van der Waals surface area contributed by atoms with Gasteiger partial charge >= 0.3 is 0 Å². The molecule has 2 nitrogen and oxygen atoms in total. The van der Waals surface area contributed by atoms with Gasteiger partial charge in [-0.3, -0.25) is 0 Å². The Balaban J connectivity index is 2.61. The predicted molar refractivity (Wildman–Crippen MR) is 69.6 cm³/mol. The fourth-order valence-corrected chi connectivity index (χ4v) is 2.01.